The van der Waals surface area contributed by atoms with Crippen molar-refractivity contribution in [3.63, 3.8) is 0 Å². The van der Waals surface area contributed by atoms with E-state index >= 15 is 0 Å². The molecule has 11 aromatic rings. The van der Waals surface area contributed by atoms with Crippen LogP contribution in [0.25, 0.3) is 111 Å². The van der Waals surface area contributed by atoms with Crippen LogP contribution in [-0.4, -0.2) is 15.0 Å². The predicted octanol–water partition coefficient (Wildman–Crippen LogP) is 13.6. The normalized spacial score (nSPS) is 11.6. The van der Waals surface area contributed by atoms with E-state index < -0.39 is 0 Å². The second kappa shape index (κ2) is 12.6. The average Bonchev–Trinajstić information content (AvgIpc) is 3.63. The van der Waals surface area contributed by atoms with Crippen molar-refractivity contribution in [1.29, 1.82) is 0 Å². The van der Waals surface area contributed by atoms with Crippen LogP contribution in [0.2, 0.25) is 0 Å². The average molecular weight is 702 g/mol. The van der Waals surface area contributed by atoms with Crippen LogP contribution >= 0.6 is 0 Å². The molecule has 0 radical (unpaired) electrons. The van der Waals surface area contributed by atoms with E-state index in [0.717, 1.165) is 65.9 Å². The molecule has 11 rings (SSSR count). The lowest BCUT2D eigenvalue weighted by molar-refractivity contribution is 0.669. The Morgan fingerprint density at radius 1 is 0.273 bits per heavy atom. The minimum absolute atomic E-state index is 0.610. The van der Waals surface area contributed by atoms with Crippen molar-refractivity contribution in [3.05, 3.63) is 188 Å². The first kappa shape index (κ1) is 31.1. The molecule has 0 atom stereocenters. The maximum absolute atomic E-state index is 6.50. The lowest BCUT2D eigenvalue weighted by atomic mass is 9.95. The SMILES string of the molecule is c1cc(-c2ccc3c(c2)oc2ccc(-c4nc(-c5ccc6ccccc6c5)nc(-c5cccc6ccccc56)n4)cc23)cc(-c2cccc3ccccc23)c1. The van der Waals surface area contributed by atoms with Gasteiger partial charge in [0.15, 0.2) is 17.5 Å². The van der Waals surface area contributed by atoms with Crippen LogP contribution in [-0.2, 0) is 0 Å². The van der Waals surface area contributed by atoms with Gasteiger partial charge in [-0.05, 0) is 97.0 Å². The highest BCUT2D eigenvalue weighted by molar-refractivity contribution is 6.07. The molecule has 0 aliphatic rings. The van der Waals surface area contributed by atoms with Gasteiger partial charge in [-0.1, -0.05) is 146 Å². The maximum Gasteiger partial charge on any atom is 0.164 e. The second-order valence-electron chi connectivity index (χ2n) is 14.0. The van der Waals surface area contributed by atoms with Crippen LogP contribution in [0.1, 0.15) is 0 Å². The van der Waals surface area contributed by atoms with Gasteiger partial charge in [0.2, 0.25) is 0 Å². The van der Waals surface area contributed by atoms with E-state index in [1.54, 1.807) is 0 Å². The first-order valence-electron chi connectivity index (χ1n) is 18.5. The number of aromatic nitrogens is 3. The monoisotopic (exact) mass is 701 g/mol. The summed E-state index contributed by atoms with van der Waals surface area (Å²) >= 11 is 0. The van der Waals surface area contributed by atoms with E-state index in [1.807, 2.05) is 12.1 Å². The first-order chi connectivity index (χ1) is 27.2. The Labute approximate surface area is 317 Å². The fourth-order valence-electron chi connectivity index (χ4n) is 7.94. The van der Waals surface area contributed by atoms with Crippen molar-refractivity contribution in [2.24, 2.45) is 0 Å². The fraction of sp³-hybridized carbons (Fsp3) is 0. The van der Waals surface area contributed by atoms with Crippen LogP contribution in [0.15, 0.2) is 192 Å². The van der Waals surface area contributed by atoms with Crippen molar-refractivity contribution < 1.29 is 4.42 Å². The highest BCUT2D eigenvalue weighted by Crippen LogP contribution is 2.37. The van der Waals surface area contributed by atoms with Crippen LogP contribution in [0.3, 0.4) is 0 Å². The summed E-state index contributed by atoms with van der Waals surface area (Å²) in [5.74, 6) is 1.88. The summed E-state index contributed by atoms with van der Waals surface area (Å²) in [6, 6.07) is 65.9. The van der Waals surface area contributed by atoms with Gasteiger partial charge in [0.1, 0.15) is 11.2 Å². The van der Waals surface area contributed by atoms with E-state index in [4.69, 9.17) is 19.4 Å². The maximum atomic E-state index is 6.50. The summed E-state index contributed by atoms with van der Waals surface area (Å²) in [7, 11) is 0. The molecular weight excluding hydrogens is 671 g/mol. The third-order valence-electron chi connectivity index (χ3n) is 10.7. The predicted molar refractivity (Wildman–Crippen MR) is 227 cm³/mol. The van der Waals surface area contributed by atoms with Gasteiger partial charge in [0.25, 0.3) is 0 Å². The Morgan fingerprint density at radius 2 is 0.836 bits per heavy atom. The summed E-state index contributed by atoms with van der Waals surface area (Å²) in [5.41, 5.74) is 9.11. The quantitative estimate of drug-likeness (QED) is 0.179. The highest BCUT2D eigenvalue weighted by Gasteiger charge is 2.17. The van der Waals surface area contributed by atoms with Gasteiger partial charge >= 0.3 is 0 Å². The third-order valence-corrected chi connectivity index (χ3v) is 10.7. The standard InChI is InChI=1S/C51H31N3O/c1-2-13-35-29-39(23-22-32(35)10-1)49-52-50(54-51(53-49)45-21-9-15-34-12-4-6-19-42(34)45)40-25-27-47-46(30-40)44-26-24-37(31-48(44)55-47)36-16-7-17-38(28-36)43-20-8-14-33-11-3-5-18-41(33)43/h1-31H. The van der Waals surface area contributed by atoms with E-state index in [2.05, 4.69) is 176 Å². The molecule has 256 valence electrons. The van der Waals surface area contributed by atoms with Crippen molar-refractivity contribution in [2.45, 2.75) is 0 Å². The molecule has 2 aromatic heterocycles. The fourth-order valence-corrected chi connectivity index (χ4v) is 7.94. The van der Waals surface area contributed by atoms with Crippen molar-refractivity contribution in [1.82, 2.24) is 15.0 Å². The summed E-state index contributed by atoms with van der Waals surface area (Å²) in [5, 5.41) is 9.10. The Bertz CT molecular complexity index is 3280. The van der Waals surface area contributed by atoms with Crippen molar-refractivity contribution in [2.75, 3.05) is 0 Å². The minimum Gasteiger partial charge on any atom is -0.456 e. The molecule has 0 aliphatic carbocycles. The van der Waals surface area contributed by atoms with Crippen LogP contribution in [0.4, 0.5) is 0 Å². The molecule has 0 unspecified atom stereocenters. The van der Waals surface area contributed by atoms with Crippen molar-refractivity contribution >= 4 is 54.3 Å². The van der Waals surface area contributed by atoms with Gasteiger partial charge in [0.05, 0.1) is 0 Å². The molecule has 9 aromatic carbocycles. The zero-order valence-electron chi connectivity index (χ0n) is 29.6. The largest absolute Gasteiger partial charge is 0.456 e. The van der Waals surface area contributed by atoms with Gasteiger partial charge in [-0.3, -0.25) is 0 Å². The summed E-state index contributed by atoms with van der Waals surface area (Å²) in [4.78, 5) is 15.3. The minimum atomic E-state index is 0.610. The molecule has 0 aliphatic heterocycles. The Balaban J connectivity index is 1.02. The summed E-state index contributed by atoms with van der Waals surface area (Å²) in [6.45, 7) is 0. The number of furan rings is 1. The lowest BCUT2D eigenvalue weighted by Gasteiger charge is -2.11. The third kappa shape index (κ3) is 5.43. The molecule has 0 amide bonds. The number of fused-ring (bicyclic) bond motifs is 6. The molecule has 55 heavy (non-hydrogen) atoms. The molecule has 0 fully saturated rings. The van der Waals surface area contributed by atoms with Gasteiger partial charge < -0.3 is 4.42 Å². The molecule has 0 saturated carbocycles. The Kier molecular flexibility index (Phi) is 7.14. The second-order valence-corrected chi connectivity index (χ2v) is 14.0. The van der Waals surface area contributed by atoms with Crippen LogP contribution < -0.4 is 0 Å². The topological polar surface area (TPSA) is 51.8 Å². The van der Waals surface area contributed by atoms with Gasteiger partial charge in [-0.15, -0.1) is 0 Å². The van der Waals surface area contributed by atoms with E-state index in [0.29, 0.717) is 17.5 Å². The molecule has 0 spiro atoms. The summed E-state index contributed by atoms with van der Waals surface area (Å²) in [6.07, 6.45) is 0. The number of hydrogen-bond donors (Lipinski definition) is 0. The smallest absolute Gasteiger partial charge is 0.164 e. The van der Waals surface area contributed by atoms with Gasteiger partial charge in [-0.25, -0.2) is 15.0 Å². The highest BCUT2D eigenvalue weighted by atomic mass is 16.3. The molecule has 0 saturated heterocycles. The number of hydrogen-bond acceptors (Lipinski definition) is 4. The van der Waals surface area contributed by atoms with Crippen LogP contribution in [0.5, 0.6) is 0 Å². The molecule has 2 heterocycles. The molecular formula is C51H31N3O. The lowest BCUT2D eigenvalue weighted by Crippen LogP contribution is -2.00. The van der Waals surface area contributed by atoms with Crippen LogP contribution in [0, 0.1) is 0 Å². The van der Waals surface area contributed by atoms with Gasteiger partial charge in [0, 0.05) is 27.5 Å². The van der Waals surface area contributed by atoms with Gasteiger partial charge in [-0.2, -0.15) is 0 Å². The van der Waals surface area contributed by atoms with E-state index in [9.17, 15) is 0 Å². The molecule has 0 bridgehead atoms. The first-order valence-corrected chi connectivity index (χ1v) is 18.5. The van der Waals surface area contributed by atoms with E-state index in [1.165, 1.54) is 27.3 Å². The number of nitrogens with zero attached hydrogens (tertiary/aromatic N) is 3. The van der Waals surface area contributed by atoms with Crippen molar-refractivity contribution in [3.8, 4) is 56.4 Å². The summed E-state index contributed by atoms with van der Waals surface area (Å²) < 4.78 is 6.50. The Hall–Kier alpha value is -7.43. The molecule has 0 N–H and O–H groups in total. The van der Waals surface area contributed by atoms with E-state index in [-0.39, 0.29) is 0 Å². The number of benzene rings is 9. The zero-order valence-corrected chi connectivity index (χ0v) is 29.6. The number of rotatable bonds is 5. The molecule has 4 heteroatoms. The Morgan fingerprint density at radius 3 is 1.64 bits per heavy atom. The molecule has 4 nitrogen and oxygen atoms in total. The zero-order chi connectivity index (χ0) is 36.3.